The standard InChI is InChI=1S/C17H11ClFN3S/c1-9-5-6-13(23-9)10-7-8-20-17-14(10)16(21-22-17)11-3-2-4-12(19)15(11)18/h2-8H,1H3,(H,20,21,22). The summed E-state index contributed by atoms with van der Waals surface area (Å²) >= 11 is 7.84. The van der Waals surface area contributed by atoms with Crippen LogP contribution < -0.4 is 0 Å². The normalized spacial score (nSPS) is 11.3. The third kappa shape index (κ3) is 2.33. The summed E-state index contributed by atoms with van der Waals surface area (Å²) in [7, 11) is 0. The highest BCUT2D eigenvalue weighted by Crippen LogP contribution is 2.39. The topological polar surface area (TPSA) is 41.6 Å². The van der Waals surface area contributed by atoms with Crippen LogP contribution in [0, 0.1) is 12.7 Å². The molecule has 4 rings (SSSR count). The Labute approximate surface area is 140 Å². The Balaban J connectivity index is 2.04. The molecule has 0 aliphatic rings. The van der Waals surface area contributed by atoms with Gasteiger partial charge in [0.15, 0.2) is 5.65 Å². The largest absolute Gasteiger partial charge is 0.275 e. The molecule has 3 aromatic heterocycles. The van der Waals surface area contributed by atoms with Gasteiger partial charge in [0.25, 0.3) is 0 Å². The van der Waals surface area contributed by atoms with Crippen LogP contribution in [0.25, 0.3) is 32.7 Å². The Kier molecular flexibility index (Phi) is 3.39. The second kappa shape index (κ2) is 5.44. The first-order valence-electron chi connectivity index (χ1n) is 6.99. The molecule has 23 heavy (non-hydrogen) atoms. The number of halogens is 2. The number of hydrogen-bond donors (Lipinski definition) is 1. The van der Waals surface area contributed by atoms with Gasteiger partial charge in [-0.1, -0.05) is 23.7 Å². The number of thiophene rings is 1. The number of pyridine rings is 1. The number of rotatable bonds is 2. The van der Waals surface area contributed by atoms with Crippen molar-refractivity contribution >= 4 is 34.0 Å². The van der Waals surface area contributed by atoms with Crippen LogP contribution in [0.5, 0.6) is 0 Å². The molecule has 114 valence electrons. The highest BCUT2D eigenvalue weighted by molar-refractivity contribution is 7.15. The van der Waals surface area contributed by atoms with Crippen LogP contribution in [0.1, 0.15) is 4.88 Å². The smallest absolute Gasteiger partial charge is 0.182 e. The molecule has 3 heterocycles. The van der Waals surface area contributed by atoms with Crippen LogP contribution in [-0.2, 0) is 0 Å². The number of nitrogens with one attached hydrogen (secondary N) is 1. The van der Waals surface area contributed by atoms with Crippen molar-refractivity contribution in [3.8, 4) is 21.7 Å². The van der Waals surface area contributed by atoms with E-state index in [1.165, 1.54) is 10.9 Å². The molecule has 3 nitrogen and oxygen atoms in total. The maximum atomic E-state index is 13.8. The van der Waals surface area contributed by atoms with Gasteiger partial charge in [-0.2, -0.15) is 5.10 Å². The van der Waals surface area contributed by atoms with Crippen molar-refractivity contribution in [3.63, 3.8) is 0 Å². The number of hydrogen-bond acceptors (Lipinski definition) is 3. The van der Waals surface area contributed by atoms with E-state index in [4.69, 9.17) is 11.6 Å². The maximum Gasteiger partial charge on any atom is 0.182 e. The lowest BCUT2D eigenvalue weighted by molar-refractivity contribution is 0.628. The number of aryl methyl sites for hydroxylation is 1. The van der Waals surface area contributed by atoms with Crippen molar-refractivity contribution in [2.45, 2.75) is 6.92 Å². The van der Waals surface area contributed by atoms with E-state index in [0.717, 1.165) is 15.8 Å². The SMILES string of the molecule is Cc1ccc(-c2ccnc3n[nH]c(-c4cccc(F)c4Cl)c23)s1. The molecule has 0 aliphatic heterocycles. The molecule has 0 fully saturated rings. The summed E-state index contributed by atoms with van der Waals surface area (Å²) in [5.41, 5.74) is 2.86. The summed E-state index contributed by atoms with van der Waals surface area (Å²) in [5.74, 6) is -0.454. The van der Waals surface area contributed by atoms with E-state index in [-0.39, 0.29) is 5.02 Å². The zero-order chi connectivity index (χ0) is 16.0. The van der Waals surface area contributed by atoms with Crippen molar-refractivity contribution in [1.82, 2.24) is 15.2 Å². The van der Waals surface area contributed by atoms with E-state index in [1.807, 2.05) is 6.07 Å². The van der Waals surface area contributed by atoms with Gasteiger partial charge in [0.1, 0.15) is 5.82 Å². The average Bonchev–Trinajstić information content (AvgIpc) is 3.16. The number of H-pyrrole nitrogens is 1. The molecule has 0 saturated heterocycles. The molecule has 4 aromatic rings. The first-order chi connectivity index (χ1) is 11.1. The molecule has 0 spiro atoms. The van der Waals surface area contributed by atoms with Gasteiger partial charge in [0.05, 0.1) is 16.1 Å². The number of aromatic nitrogens is 3. The fourth-order valence-corrected chi connectivity index (χ4v) is 3.74. The van der Waals surface area contributed by atoms with E-state index >= 15 is 0 Å². The lowest BCUT2D eigenvalue weighted by Crippen LogP contribution is -1.86. The molecule has 0 atom stereocenters. The van der Waals surface area contributed by atoms with E-state index < -0.39 is 5.82 Å². The van der Waals surface area contributed by atoms with Gasteiger partial charge in [-0.25, -0.2) is 9.37 Å². The predicted molar refractivity (Wildman–Crippen MR) is 92.3 cm³/mol. The summed E-state index contributed by atoms with van der Waals surface area (Å²) in [6, 6.07) is 10.8. The zero-order valence-electron chi connectivity index (χ0n) is 12.1. The van der Waals surface area contributed by atoms with Crippen molar-refractivity contribution in [2.24, 2.45) is 0 Å². The number of nitrogens with zero attached hydrogens (tertiary/aromatic N) is 2. The van der Waals surface area contributed by atoms with Crippen LogP contribution in [0.15, 0.2) is 42.6 Å². The Morgan fingerprint density at radius 3 is 2.78 bits per heavy atom. The molecule has 0 radical (unpaired) electrons. The molecule has 0 amide bonds. The number of fused-ring (bicyclic) bond motifs is 1. The third-order valence-electron chi connectivity index (χ3n) is 3.68. The minimum Gasteiger partial charge on any atom is -0.275 e. The van der Waals surface area contributed by atoms with Crippen molar-refractivity contribution in [3.05, 3.63) is 58.3 Å². The van der Waals surface area contributed by atoms with Crippen LogP contribution in [0.2, 0.25) is 5.02 Å². The monoisotopic (exact) mass is 343 g/mol. The lowest BCUT2D eigenvalue weighted by Gasteiger charge is -2.06. The van der Waals surface area contributed by atoms with Crippen LogP contribution in [-0.4, -0.2) is 15.2 Å². The van der Waals surface area contributed by atoms with Crippen LogP contribution in [0.3, 0.4) is 0 Å². The van der Waals surface area contributed by atoms with E-state index in [2.05, 4.69) is 34.2 Å². The third-order valence-corrected chi connectivity index (χ3v) is 5.10. The van der Waals surface area contributed by atoms with Gasteiger partial charge in [0, 0.05) is 27.1 Å². The van der Waals surface area contributed by atoms with Crippen molar-refractivity contribution in [1.29, 1.82) is 0 Å². The van der Waals surface area contributed by atoms with Gasteiger partial charge in [0.2, 0.25) is 0 Å². The Hall–Kier alpha value is -2.24. The fourth-order valence-electron chi connectivity index (χ4n) is 2.62. The molecular weight excluding hydrogens is 333 g/mol. The average molecular weight is 344 g/mol. The molecule has 0 bridgehead atoms. The van der Waals surface area contributed by atoms with Gasteiger partial charge in [-0.3, -0.25) is 5.10 Å². The number of aromatic amines is 1. The molecule has 1 N–H and O–H groups in total. The summed E-state index contributed by atoms with van der Waals surface area (Å²) in [6.07, 6.45) is 1.73. The van der Waals surface area contributed by atoms with Gasteiger partial charge < -0.3 is 0 Å². The number of benzene rings is 1. The summed E-state index contributed by atoms with van der Waals surface area (Å²) < 4.78 is 13.8. The van der Waals surface area contributed by atoms with E-state index in [0.29, 0.717) is 16.9 Å². The van der Waals surface area contributed by atoms with Gasteiger partial charge >= 0.3 is 0 Å². The highest BCUT2D eigenvalue weighted by atomic mass is 35.5. The lowest BCUT2D eigenvalue weighted by atomic mass is 10.0. The first kappa shape index (κ1) is 14.4. The van der Waals surface area contributed by atoms with Crippen LogP contribution >= 0.6 is 22.9 Å². The van der Waals surface area contributed by atoms with Crippen LogP contribution in [0.4, 0.5) is 4.39 Å². The van der Waals surface area contributed by atoms with Crippen molar-refractivity contribution in [2.75, 3.05) is 0 Å². The van der Waals surface area contributed by atoms with E-state index in [1.54, 1.807) is 29.7 Å². The highest BCUT2D eigenvalue weighted by Gasteiger charge is 2.18. The summed E-state index contributed by atoms with van der Waals surface area (Å²) in [5, 5.41) is 8.13. The van der Waals surface area contributed by atoms with E-state index in [9.17, 15) is 4.39 Å². The summed E-state index contributed by atoms with van der Waals surface area (Å²) in [6.45, 7) is 2.06. The van der Waals surface area contributed by atoms with Gasteiger partial charge in [-0.15, -0.1) is 11.3 Å². The fraction of sp³-hybridized carbons (Fsp3) is 0.0588. The molecule has 0 unspecified atom stereocenters. The van der Waals surface area contributed by atoms with Gasteiger partial charge in [-0.05, 0) is 31.2 Å². The first-order valence-corrected chi connectivity index (χ1v) is 8.19. The Morgan fingerprint density at radius 1 is 1.13 bits per heavy atom. The maximum absolute atomic E-state index is 13.8. The second-order valence-corrected chi connectivity index (χ2v) is 6.83. The molecule has 1 aromatic carbocycles. The molecular formula is C17H11ClFN3S. The quantitative estimate of drug-likeness (QED) is 0.525. The minimum atomic E-state index is -0.454. The Morgan fingerprint density at radius 2 is 2.00 bits per heavy atom. The Bertz CT molecular complexity index is 1020. The van der Waals surface area contributed by atoms with Crippen molar-refractivity contribution < 1.29 is 4.39 Å². The molecule has 0 aliphatic carbocycles. The molecule has 6 heteroatoms. The molecule has 0 saturated carbocycles. The second-order valence-electron chi connectivity index (χ2n) is 5.17. The minimum absolute atomic E-state index is 0.0789. The zero-order valence-corrected chi connectivity index (χ0v) is 13.7. The predicted octanol–water partition coefficient (Wildman–Crippen LogP) is 5.45. The summed E-state index contributed by atoms with van der Waals surface area (Å²) in [4.78, 5) is 6.63.